The molecule has 6 atom stereocenters. The lowest BCUT2D eigenvalue weighted by atomic mass is 9.99. The normalized spacial score (nSPS) is 24.9. The van der Waals surface area contributed by atoms with Crippen LogP contribution in [0.4, 0.5) is 0 Å². The number of carboxylic acid groups (broad SMARTS) is 1. The van der Waals surface area contributed by atoms with Crippen LogP contribution >= 0.6 is 0 Å². The van der Waals surface area contributed by atoms with E-state index in [1.165, 1.54) is 24.3 Å². The number of carboxylic acids is 1. The number of para-hydroxylation sites is 1. The first-order valence-electron chi connectivity index (χ1n) is 17.5. The second kappa shape index (κ2) is 19.5. The van der Waals surface area contributed by atoms with Crippen molar-refractivity contribution in [2.45, 2.75) is 102 Å². The van der Waals surface area contributed by atoms with Crippen LogP contribution in [-0.2, 0) is 33.3 Å². The molecule has 266 valence electrons. The van der Waals surface area contributed by atoms with Gasteiger partial charge in [0.05, 0.1) is 30.3 Å². The second-order valence-corrected chi connectivity index (χ2v) is 12.6. The van der Waals surface area contributed by atoms with Crippen molar-refractivity contribution < 1.29 is 52.6 Å². The number of hydrogen-bond acceptors (Lipinski definition) is 10. The van der Waals surface area contributed by atoms with Crippen molar-refractivity contribution in [2.24, 2.45) is 5.92 Å². The fourth-order valence-electron chi connectivity index (χ4n) is 6.19. The molecule has 0 radical (unpaired) electrons. The van der Waals surface area contributed by atoms with E-state index in [0.717, 1.165) is 44.3 Å². The average Bonchev–Trinajstić information content (AvgIpc) is 3.41. The molecule has 0 amide bonds. The summed E-state index contributed by atoms with van der Waals surface area (Å²) in [5, 5.41) is 9.02. The molecule has 1 N–H and O–H groups in total. The van der Waals surface area contributed by atoms with Gasteiger partial charge in [0.15, 0.2) is 12.6 Å². The first kappa shape index (κ1) is 36.7. The molecule has 0 bridgehead atoms. The summed E-state index contributed by atoms with van der Waals surface area (Å²) in [6.45, 7) is 1.77. The number of benzene rings is 2. The Morgan fingerprint density at radius 1 is 0.878 bits per heavy atom. The summed E-state index contributed by atoms with van der Waals surface area (Å²) in [6.07, 6.45) is 9.68. The molecule has 2 saturated heterocycles. The van der Waals surface area contributed by atoms with Crippen molar-refractivity contribution in [2.75, 3.05) is 26.4 Å². The second-order valence-electron chi connectivity index (χ2n) is 12.6. The van der Waals surface area contributed by atoms with Gasteiger partial charge in [-0.25, -0.2) is 4.79 Å². The standard InChI is InChI=1S/C38H48O11/c39-32-24-33(49-36-17-9-11-23-44-36)37(46-26-30(48-35-16-8-10-22-43-35)25-45-28-12-4-3-5-13-28)31(32)14-6-1-2-7-15-34(40)47-29-20-18-27(19-21-29)38(41)42/h1,3-6,12-13,18-21,30-31,33,35-37H,2,7-11,14-17,22-26H2,(H,41,42). The quantitative estimate of drug-likeness (QED) is 0.0824. The molecule has 2 heterocycles. The van der Waals surface area contributed by atoms with E-state index in [1.807, 2.05) is 42.5 Å². The Labute approximate surface area is 287 Å². The Balaban J connectivity index is 1.15. The van der Waals surface area contributed by atoms with Gasteiger partial charge >= 0.3 is 11.9 Å². The summed E-state index contributed by atoms with van der Waals surface area (Å²) in [5.41, 5.74) is 0.123. The van der Waals surface area contributed by atoms with Gasteiger partial charge in [0, 0.05) is 26.1 Å². The first-order valence-corrected chi connectivity index (χ1v) is 17.5. The third-order valence-electron chi connectivity index (χ3n) is 8.82. The minimum Gasteiger partial charge on any atom is -0.491 e. The van der Waals surface area contributed by atoms with E-state index >= 15 is 0 Å². The van der Waals surface area contributed by atoms with E-state index < -0.39 is 36.2 Å². The van der Waals surface area contributed by atoms with Crippen molar-refractivity contribution in [3.8, 4) is 11.5 Å². The maximum absolute atomic E-state index is 13.3. The minimum absolute atomic E-state index is 0.0848. The maximum atomic E-state index is 13.3. The maximum Gasteiger partial charge on any atom is 0.335 e. The Bertz CT molecular complexity index is 1330. The number of esters is 1. The van der Waals surface area contributed by atoms with Crippen molar-refractivity contribution in [1.82, 2.24) is 0 Å². The van der Waals surface area contributed by atoms with Crippen molar-refractivity contribution >= 4 is 17.7 Å². The van der Waals surface area contributed by atoms with Crippen molar-refractivity contribution in [3.63, 3.8) is 0 Å². The lowest BCUT2D eigenvalue weighted by molar-refractivity contribution is -0.226. The lowest BCUT2D eigenvalue weighted by Crippen LogP contribution is -2.40. The predicted octanol–water partition coefficient (Wildman–Crippen LogP) is 6.28. The molecule has 49 heavy (non-hydrogen) atoms. The van der Waals surface area contributed by atoms with Gasteiger partial charge in [-0.1, -0.05) is 30.4 Å². The predicted molar refractivity (Wildman–Crippen MR) is 178 cm³/mol. The number of ketones is 1. The van der Waals surface area contributed by atoms with Gasteiger partial charge < -0.3 is 38.3 Å². The van der Waals surface area contributed by atoms with Crippen LogP contribution in [0.25, 0.3) is 0 Å². The summed E-state index contributed by atoms with van der Waals surface area (Å²) in [4.78, 5) is 36.6. The molecular weight excluding hydrogens is 632 g/mol. The van der Waals surface area contributed by atoms with Gasteiger partial charge in [-0.3, -0.25) is 9.59 Å². The van der Waals surface area contributed by atoms with Crippen LogP contribution in [0.2, 0.25) is 0 Å². The molecule has 2 aliphatic heterocycles. The van der Waals surface area contributed by atoms with E-state index in [2.05, 4.69) is 0 Å². The number of carbonyl (C=O) groups is 3. The Morgan fingerprint density at radius 3 is 2.31 bits per heavy atom. The number of hydrogen-bond donors (Lipinski definition) is 1. The Kier molecular flexibility index (Phi) is 14.6. The molecule has 2 aromatic rings. The van der Waals surface area contributed by atoms with E-state index in [-0.39, 0.29) is 50.0 Å². The van der Waals surface area contributed by atoms with E-state index in [4.69, 9.17) is 38.3 Å². The summed E-state index contributed by atoms with van der Waals surface area (Å²) in [5.74, 6) is -0.714. The molecule has 3 aliphatic rings. The summed E-state index contributed by atoms with van der Waals surface area (Å²) in [6, 6.07) is 15.3. The topological polar surface area (TPSA) is 136 Å². The first-order chi connectivity index (χ1) is 23.9. The Hall–Kier alpha value is -3.61. The van der Waals surface area contributed by atoms with Gasteiger partial charge in [0.1, 0.15) is 30.0 Å². The molecule has 11 heteroatoms. The molecule has 1 saturated carbocycles. The SMILES string of the molecule is O=C(CCCC=CCC1C(=O)CC(OC2CCCCO2)C1OCC(COc1ccccc1)OC1CCCCO1)Oc1ccc(C(=O)O)cc1. The third kappa shape index (κ3) is 12.0. The zero-order valence-corrected chi connectivity index (χ0v) is 28.0. The van der Waals surface area contributed by atoms with Gasteiger partial charge in [-0.2, -0.15) is 0 Å². The fraction of sp³-hybridized carbons (Fsp3) is 0.553. The number of allylic oxidation sites excluding steroid dienone is 2. The largest absolute Gasteiger partial charge is 0.491 e. The van der Waals surface area contributed by atoms with Crippen LogP contribution in [0.15, 0.2) is 66.7 Å². The number of ether oxygens (including phenoxy) is 7. The highest BCUT2D eigenvalue weighted by molar-refractivity contribution is 5.87. The van der Waals surface area contributed by atoms with Crippen molar-refractivity contribution in [1.29, 1.82) is 0 Å². The van der Waals surface area contributed by atoms with Crippen LogP contribution in [0.5, 0.6) is 11.5 Å². The van der Waals surface area contributed by atoms with Gasteiger partial charge in [0.2, 0.25) is 0 Å². The van der Waals surface area contributed by atoms with E-state index in [0.29, 0.717) is 38.2 Å². The minimum atomic E-state index is -1.04. The molecule has 2 aromatic carbocycles. The molecule has 0 spiro atoms. The van der Waals surface area contributed by atoms with Crippen LogP contribution in [0.3, 0.4) is 0 Å². The third-order valence-corrected chi connectivity index (χ3v) is 8.82. The number of rotatable bonds is 18. The molecule has 3 fully saturated rings. The number of aromatic carboxylic acids is 1. The highest BCUT2D eigenvalue weighted by Crippen LogP contribution is 2.33. The van der Waals surface area contributed by atoms with Crippen LogP contribution in [-0.4, -0.2) is 80.1 Å². The summed E-state index contributed by atoms with van der Waals surface area (Å²) >= 11 is 0. The highest BCUT2D eigenvalue weighted by Gasteiger charge is 2.45. The van der Waals surface area contributed by atoms with E-state index in [1.54, 1.807) is 0 Å². The molecule has 11 nitrogen and oxygen atoms in total. The van der Waals surface area contributed by atoms with E-state index in [9.17, 15) is 14.4 Å². The molecule has 0 aromatic heterocycles. The molecule has 6 unspecified atom stereocenters. The van der Waals surface area contributed by atoms with Crippen LogP contribution < -0.4 is 9.47 Å². The van der Waals surface area contributed by atoms with Gasteiger partial charge in [-0.15, -0.1) is 0 Å². The molecular formula is C38H48O11. The summed E-state index contributed by atoms with van der Waals surface area (Å²) < 4.78 is 42.2. The highest BCUT2D eigenvalue weighted by atomic mass is 16.7. The zero-order chi connectivity index (χ0) is 34.3. The number of Topliss-reactive ketones (excluding diaryl/α,β-unsaturated/α-hetero) is 1. The molecule has 5 rings (SSSR count). The monoisotopic (exact) mass is 680 g/mol. The number of carbonyl (C=O) groups excluding carboxylic acids is 2. The van der Waals surface area contributed by atoms with Crippen LogP contribution in [0.1, 0.15) is 81.0 Å². The Morgan fingerprint density at radius 2 is 1.61 bits per heavy atom. The number of unbranched alkanes of at least 4 members (excludes halogenated alkanes) is 1. The van der Waals surface area contributed by atoms with Crippen LogP contribution in [0, 0.1) is 5.92 Å². The smallest absolute Gasteiger partial charge is 0.335 e. The lowest BCUT2D eigenvalue weighted by Gasteiger charge is -2.32. The summed E-state index contributed by atoms with van der Waals surface area (Å²) in [7, 11) is 0. The fourth-order valence-corrected chi connectivity index (χ4v) is 6.19. The zero-order valence-electron chi connectivity index (χ0n) is 28.0. The molecule has 1 aliphatic carbocycles. The van der Waals surface area contributed by atoms with Gasteiger partial charge in [-0.05, 0) is 94.2 Å². The van der Waals surface area contributed by atoms with Gasteiger partial charge in [0.25, 0.3) is 0 Å². The average molecular weight is 681 g/mol. The van der Waals surface area contributed by atoms with Crippen molar-refractivity contribution in [3.05, 3.63) is 72.3 Å².